The van der Waals surface area contributed by atoms with Crippen molar-refractivity contribution in [2.24, 2.45) is 5.10 Å². The first-order valence-electron chi connectivity index (χ1n) is 8.11. The summed E-state index contributed by atoms with van der Waals surface area (Å²) >= 11 is 0. The van der Waals surface area contributed by atoms with Crippen LogP contribution in [0.15, 0.2) is 59.7 Å². The van der Waals surface area contributed by atoms with Gasteiger partial charge in [0.05, 0.1) is 11.3 Å². The van der Waals surface area contributed by atoms with E-state index in [-0.39, 0.29) is 24.9 Å². The smallest absolute Gasteiger partial charge is 0.285 e. The fourth-order valence-corrected chi connectivity index (χ4v) is 2.38. The molecule has 0 N–H and O–H groups in total. The van der Waals surface area contributed by atoms with Crippen molar-refractivity contribution < 1.29 is 14.3 Å². The summed E-state index contributed by atoms with van der Waals surface area (Å²) in [6.07, 6.45) is 0. The van der Waals surface area contributed by atoms with Gasteiger partial charge >= 0.3 is 0 Å². The number of halogens is 1. The lowest BCUT2D eigenvalue weighted by molar-refractivity contribution is -0.121. The first-order valence-corrected chi connectivity index (χ1v) is 8.11. The third kappa shape index (κ3) is 4.74. The monoisotopic (exact) mass is 375 g/mol. The quantitative estimate of drug-likeness (QED) is 0.779. The van der Waals surface area contributed by atoms with Crippen molar-refractivity contribution in [3.8, 4) is 5.75 Å². The maximum atomic E-state index is 12.2. The lowest BCUT2D eigenvalue weighted by Crippen LogP contribution is -2.37. The number of hydrogen-bond donors (Lipinski definition) is 0. The molecule has 0 atom stereocenters. The van der Waals surface area contributed by atoms with Crippen LogP contribution in [0.3, 0.4) is 0 Å². The summed E-state index contributed by atoms with van der Waals surface area (Å²) < 4.78 is 11.4. The predicted molar refractivity (Wildman–Crippen MR) is 104 cm³/mol. The highest BCUT2D eigenvalue weighted by atomic mass is 35.5. The summed E-state index contributed by atoms with van der Waals surface area (Å²) in [5, 5.41) is 5.77. The van der Waals surface area contributed by atoms with Crippen LogP contribution >= 0.6 is 12.4 Å². The van der Waals surface area contributed by atoms with Gasteiger partial charge in [0.25, 0.3) is 5.91 Å². The zero-order valence-electron chi connectivity index (χ0n) is 14.8. The summed E-state index contributed by atoms with van der Waals surface area (Å²) in [6.45, 7) is 1.30. The molecule has 1 heterocycles. The van der Waals surface area contributed by atoms with E-state index < -0.39 is 0 Å². The summed E-state index contributed by atoms with van der Waals surface area (Å²) in [5.41, 5.74) is 1.44. The van der Waals surface area contributed by atoms with E-state index >= 15 is 0 Å². The highest BCUT2D eigenvalue weighted by Crippen LogP contribution is 2.24. The van der Waals surface area contributed by atoms with Crippen molar-refractivity contribution in [2.45, 2.75) is 0 Å². The zero-order chi connectivity index (χ0) is 17.6. The third-order valence-electron chi connectivity index (χ3n) is 3.67. The van der Waals surface area contributed by atoms with Gasteiger partial charge in [0.15, 0.2) is 6.61 Å². The molecule has 138 valence electrons. The fraction of sp³-hybridized carbons (Fsp3) is 0.263. The minimum atomic E-state index is -0.207. The van der Waals surface area contributed by atoms with E-state index in [1.165, 1.54) is 5.01 Å². The average molecular weight is 376 g/mol. The van der Waals surface area contributed by atoms with Crippen LogP contribution in [-0.2, 0) is 9.53 Å². The Kier molecular flexibility index (Phi) is 7.00. The standard InChI is InChI=1S/C19H21N3O3.ClH/c1-21(2)12-13-24-17-11-7-6-10-16(17)19-20-22(18(23)14-25-19)15-8-4-3-5-9-15;/h3-11H,12-14H2,1-2H3;1H. The van der Waals surface area contributed by atoms with Crippen LogP contribution in [0, 0.1) is 0 Å². The second-order valence-electron chi connectivity index (χ2n) is 5.88. The van der Waals surface area contributed by atoms with Gasteiger partial charge < -0.3 is 14.4 Å². The van der Waals surface area contributed by atoms with E-state index in [0.717, 1.165) is 12.1 Å². The summed E-state index contributed by atoms with van der Waals surface area (Å²) in [7, 11) is 3.99. The topological polar surface area (TPSA) is 54.4 Å². The van der Waals surface area contributed by atoms with Crippen molar-refractivity contribution in [1.82, 2.24) is 4.90 Å². The van der Waals surface area contributed by atoms with Crippen LogP contribution in [0.4, 0.5) is 5.69 Å². The van der Waals surface area contributed by atoms with Gasteiger partial charge in [-0.05, 0) is 38.4 Å². The Morgan fingerprint density at radius 2 is 1.81 bits per heavy atom. The fourth-order valence-electron chi connectivity index (χ4n) is 2.38. The summed E-state index contributed by atoms with van der Waals surface area (Å²) in [4.78, 5) is 14.2. The van der Waals surface area contributed by atoms with E-state index in [1.807, 2.05) is 73.6 Å². The zero-order valence-corrected chi connectivity index (χ0v) is 15.6. The molecule has 2 aromatic carbocycles. The highest BCUT2D eigenvalue weighted by molar-refractivity contribution is 6.05. The molecule has 0 bridgehead atoms. The maximum absolute atomic E-state index is 12.2. The number of hydrazone groups is 1. The molecule has 26 heavy (non-hydrogen) atoms. The molecule has 2 aromatic rings. The van der Waals surface area contributed by atoms with Crippen molar-refractivity contribution >= 4 is 29.9 Å². The molecule has 0 saturated carbocycles. The number of likely N-dealkylation sites (N-methyl/N-ethyl adjacent to an activating group) is 1. The van der Waals surface area contributed by atoms with Gasteiger partial charge in [-0.15, -0.1) is 17.5 Å². The van der Waals surface area contributed by atoms with Crippen LogP contribution in [-0.4, -0.2) is 50.6 Å². The molecule has 0 saturated heterocycles. The lowest BCUT2D eigenvalue weighted by Gasteiger charge is -2.24. The molecule has 3 rings (SSSR count). The van der Waals surface area contributed by atoms with Crippen LogP contribution in [0.1, 0.15) is 5.56 Å². The molecule has 0 unspecified atom stereocenters. The van der Waals surface area contributed by atoms with Crippen LogP contribution < -0.4 is 9.75 Å². The average Bonchev–Trinajstić information content (AvgIpc) is 2.63. The number of carbonyl (C=O) groups is 1. The lowest BCUT2D eigenvalue weighted by atomic mass is 10.2. The minimum Gasteiger partial charge on any atom is -0.491 e. The second kappa shape index (κ2) is 9.22. The molecule has 6 nitrogen and oxygen atoms in total. The Hall–Kier alpha value is -2.57. The number of anilines is 1. The number of ether oxygens (including phenoxy) is 2. The van der Waals surface area contributed by atoms with Crippen LogP contribution in [0.2, 0.25) is 0 Å². The first-order chi connectivity index (χ1) is 12.1. The Balaban J connectivity index is 0.00000243. The van der Waals surface area contributed by atoms with E-state index in [4.69, 9.17) is 9.47 Å². The second-order valence-corrected chi connectivity index (χ2v) is 5.88. The van der Waals surface area contributed by atoms with Gasteiger partial charge in [-0.25, -0.2) is 0 Å². The minimum absolute atomic E-state index is 0. The molecule has 1 aliphatic heterocycles. The van der Waals surface area contributed by atoms with E-state index in [0.29, 0.717) is 23.9 Å². The Morgan fingerprint density at radius 3 is 2.54 bits per heavy atom. The van der Waals surface area contributed by atoms with Crippen molar-refractivity contribution in [3.63, 3.8) is 0 Å². The molecule has 0 fully saturated rings. The van der Waals surface area contributed by atoms with Gasteiger partial charge in [-0.1, -0.05) is 30.3 Å². The molecule has 0 radical (unpaired) electrons. The Morgan fingerprint density at radius 1 is 1.12 bits per heavy atom. The van der Waals surface area contributed by atoms with Gasteiger partial charge in [-0.2, -0.15) is 5.01 Å². The third-order valence-corrected chi connectivity index (χ3v) is 3.67. The van der Waals surface area contributed by atoms with Crippen molar-refractivity contribution in [1.29, 1.82) is 0 Å². The number of rotatable bonds is 6. The van der Waals surface area contributed by atoms with Crippen molar-refractivity contribution in [2.75, 3.05) is 38.9 Å². The van der Waals surface area contributed by atoms with E-state index in [1.54, 1.807) is 0 Å². The predicted octanol–water partition coefficient (Wildman–Crippen LogP) is 2.77. The number of benzene rings is 2. The van der Waals surface area contributed by atoms with Crippen LogP contribution in [0.25, 0.3) is 0 Å². The maximum Gasteiger partial charge on any atom is 0.285 e. The number of para-hydroxylation sites is 2. The molecule has 1 aliphatic rings. The molecule has 0 aromatic heterocycles. The summed E-state index contributed by atoms with van der Waals surface area (Å²) in [5.74, 6) is 0.857. The normalized spacial score (nSPS) is 13.7. The van der Waals surface area contributed by atoms with Crippen molar-refractivity contribution in [3.05, 3.63) is 60.2 Å². The van der Waals surface area contributed by atoms with Gasteiger partial charge in [0.2, 0.25) is 5.90 Å². The number of hydrogen-bond acceptors (Lipinski definition) is 5. The molecular formula is C19H22ClN3O3. The first kappa shape index (κ1) is 19.8. The van der Waals surface area contributed by atoms with Gasteiger partial charge in [0, 0.05) is 6.54 Å². The number of nitrogens with zero attached hydrogens (tertiary/aromatic N) is 3. The SMILES string of the molecule is CN(C)CCOc1ccccc1C1=NN(c2ccccc2)C(=O)CO1.Cl. The molecule has 0 aliphatic carbocycles. The van der Waals surface area contributed by atoms with Crippen LogP contribution in [0.5, 0.6) is 5.75 Å². The number of amides is 1. The molecular weight excluding hydrogens is 354 g/mol. The molecule has 0 spiro atoms. The Bertz CT molecular complexity index is 766. The number of carbonyl (C=O) groups excluding carboxylic acids is 1. The van der Waals surface area contributed by atoms with Gasteiger partial charge in [-0.3, -0.25) is 4.79 Å². The molecule has 7 heteroatoms. The van der Waals surface area contributed by atoms with Gasteiger partial charge in [0.1, 0.15) is 12.4 Å². The Labute approximate surface area is 159 Å². The van der Waals surface area contributed by atoms with E-state index in [9.17, 15) is 4.79 Å². The largest absolute Gasteiger partial charge is 0.491 e. The highest BCUT2D eigenvalue weighted by Gasteiger charge is 2.25. The summed E-state index contributed by atoms with van der Waals surface area (Å²) in [6, 6.07) is 16.8. The molecule has 1 amide bonds. The van der Waals surface area contributed by atoms with E-state index in [2.05, 4.69) is 5.10 Å².